The van der Waals surface area contributed by atoms with Gasteiger partial charge in [0.1, 0.15) is 5.75 Å². The average molecular weight is 273 g/mol. The van der Waals surface area contributed by atoms with Crippen LogP contribution in [0, 0.1) is 6.92 Å². The highest BCUT2D eigenvalue weighted by molar-refractivity contribution is 5.77. The fourth-order valence-electron chi connectivity index (χ4n) is 2.40. The summed E-state index contributed by atoms with van der Waals surface area (Å²) in [7, 11) is 0. The Balaban J connectivity index is 1.64. The highest BCUT2D eigenvalue weighted by Gasteiger charge is 2.05. The molecule has 0 radical (unpaired) electrons. The maximum Gasteiger partial charge on any atom is 0.257 e. The van der Waals surface area contributed by atoms with Crippen LogP contribution in [0.5, 0.6) is 5.75 Å². The van der Waals surface area contributed by atoms with Crippen LogP contribution >= 0.6 is 0 Å². The summed E-state index contributed by atoms with van der Waals surface area (Å²) in [5.41, 5.74) is 2.61. The smallest absolute Gasteiger partial charge is 0.257 e. The number of carbonyl (C=O) groups excluding carboxylic acids is 1. The van der Waals surface area contributed by atoms with Gasteiger partial charge in [0, 0.05) is 6.54 Å². The monoisotopic (exact) mass is 273 g/mol. The first-order valence-electron chi connectivity index (χ1n) is 7.38. The Bertz CT molecular complexity index is 480. The second-order valence-corrected chi connectivity index (χ2v) is 5.31. The lowest BCUT2D eigenvalue weighted by Gasteiger charge is -2.13. The minimum Gasteiger partial charge on any atom is -0.484 e. The zero-order chi connectivity index (χ0) is 14.2. The van der Waals surface area contributed by atoms with E-state index in [1.54, 1.807) is 0 Å². The number of hydrogen-bond donors (Lipinski definition) is 1. The molecule has 0 saturated carbocycles. The first-order valence-corrected chi connectivity index (χ1v) is 7.38. The van der Waals surface area contributed by atoms with Gasteiger partial charge in [-0.15, -0.1) is 0 Å². The van der Waals surface area contributed by atoms with Crippen LogP contribution in [-0.4, -0.2) is 19.1 Å². The molecule has 1 aromatic carbocycles. The topological polar surface area (TPSA) is 38.3 Å². The number of aryl methyl sites for hydroxylation is 1. The predicted molar refractivity (Wildman–Crippen MR) is 80.9 cm³/mol. The van der Waals surface area contributed by atoms with Crippen LogP contribution in [0.4, 0.5) is 0 Å². The lowest BCUT2D eigenvalue weighted by atomic mass is 9.97. The summed E-state index contributed by atoms with van der Waals surface area (Å²) in [6.45, 7) is 2.80. The Morgan fingerprint density at radius 3 is 3.00 bits per heavy atom. The minimum atomic E-state index is -0.0529. The van der Waals surface area contributed by atoms with Crippen molar-refractivity contribution in [2.45, 2.75) is 39.0 Å². The average Bonchev–Trinajstić information content (AvgIpc) is 2.46. The van der Waals surface area contributed by atoms with Gasteiger partial charge in [0.05, 0.1) is 0 Å². The van der Waals surface area contributed by atoms with Crippen molar-refractivity contribution >= 4 is 5.91 Å². The fourth-order valence-corrected chi connectivity index (χ4v) is 2.40. The molecule has 0 unspecified atom stereocenters. The van der Waals surface area contributed by atoms with E-state index in [-0.39, 0.29) is 12.5 Å². The minimum absolute atomic E-state index is 0.0529. The standard InChI is InChI=1S/C17H23NO2/c1-14-6-5-9-16(12-14)20-13-17(19)18-11-10-15-7-3-2-4-8-15/h5-7,9,12H,2-4,8,10-11,13H2,1H3,(H,18,19). The summed E-state index contributed by atoms with van der Waals surface area (Å²) in [6, 6.07) is 7.73. The van der Waals surface area contributed by atoms with Crippen molar-refractivity contribution in [2.24, 2.45) is 0 Å². The van der Waals surface area contributed by atoms with Gasteiger partial charge in [-0.05, 0) is 56.7 Å². The molecule has 1 N–H and O–H groups in total. The second-order valence-electron chi connectivity index (χ2n) is 5.31. The molecule has 0 aromatic heterocycles. The first-order chi connectivity index (χ1) is 9.74. The van der Waals surface area contributed by atoms with Gasteiger partial charge in [0.2, 0.25) is 0 Å². The third-order valence-electron chi connectivity index (χ3n) is 3.51. The lowest BCUT2D eigenvalue weighted by molar-refractivity contribution is -0.123. The van der Waals surface area contributed by atoms with Gasteiger partial charge in [-0.25, -0.2) is 0 Å². The molecular formula is C17H23NO2. The van der Waals surface area contributed by atoms with Crippen LogP contribution in [0.1, 0.15) is 37.7 Å². The van der Waals surface area contributed by atoms with Gasteiger partial charge < -0.3 is 10.1 Å². The zero-order valence-electron chi connectivity index (χ0n) is 12.2. The molecule has 108 valence electrons. The second kappa shape index (κ2) is 7.73. The van der Waals surface area contributed by atoms with Crippen LogP contribution in [0.2, 0.25) is 0 Å². The van der Waals surface area contributed by atoms with Crippen LogP contribution in [-0.2, 0) is 4.79 Å². The number of benzene rings is 1. The summed E-state index contributed by atoms with van der Waals surface area (Å²) < 4.78 is 5.46. The third-order valence-corrected chi connectivity index (χ3v) is 3.51. The Kier molecular flexibility index (Phi) is 5.66. The van der Waals surface area contributed by atoms with E-state index in [1.165, 1.54) is 31.3 Å². The highest BCUT2D eigenvalue weighted by Crippen LogP contribution is 2.19. The predicted octanol–water partition coefficient (Wildman–Crippen LogP) is 3.38. The molecule has 20 heavy (non-hydrogen) atoms. The van der Waals surface area contributed by atoms with E-state index >= 15 is 0 Å². The van der Waals surface area contributed by atoms with Crippen molar-refractivity contribution < 1.29 is 9.53 Å². The number of amides is 1. The maximum atomic E-state index is 11.7. The Morgan fingerprint density at radius 1 is 1.35 bits per heavy atom. The number of carbonyl (C=O) groups is 1. The van der Waals surface area contributed by atoms with Crippen molar-refractivity contribution in [3.05, 3.63) is 41.5 Å². The molecule has 3 heteroatoms. The Hall–Kier alpha value is -1.77. The zero-order valence-corrected chi connectivity index (χ0v) is 12.2. The molecule has 0 spiro atoms. The molecule has 0 bridgehead atoms. The van der Waals surface area contributed by atoms with Crippen LogP contribution in [0.25, 0.3) is 0 Å². The summed E-state index contributed by atoms with van der Waals surface area (Å²) in [4.78, 5) is 11.7. The van der Waals surface area contributed by atoms with Crippen molar-refractivity contribution in [1.29, 1.82) is 0 Å². The van der Waals surface area contributed by atoms with E-state index in [0.717, 1.165) is 17.7 Å². The molecular weight excluding hydrogens is 250 g/mol. The molecule has 0 aliphatic heterocycles. The van der Waals surface area contributed by atoms with E-state index in [9.17, 15) is 4.79 Å². The van der Waals surface area contributed by atoms with E-state index < -0.39 is 0 Å². The molecule has 0 atom stereocenters. The van der Waals surface area contributed by atoms with E-state index in [2.05, 4.69) is 11.4 Å². The fraction of sp³-hybridized carbons (Fsp3) is 0.471. The van der Waals surface area contributed by atoms with Crippen LogP contribution in [0.15, 0.2) is 35.9 Å². The third kappa shape index (κ3) is 5.08. The molecule has 1 amide bonds. The molecule has 3 nitrogen and oxygen atoms in total. The Morgan fingerprint density at radius 2 is 2.25 bits per heavy atom. The molecule has 0 heterocycles. The number of allylic oxidation sites excluding steroid dienone is 1. The highest BCUT2D eigenvalue weighted by atomic mass is 16.5. The largest absolute Gasteiger partial charge is 0.484 e. The summed E-state index contributed by atoms with van der Waals surface area (Å²) >= 11 is 0. The summed E-state index contributed by atoms with van der Waals surface area (Å²) in [5, 5.41) is 2.91. The van der Waals surface area contributed by atoms with Crippen molar-refractivity contribution in [3.63, 3.8) is 0 Å². The van der Waals surface area contributed by atoms with Gasteiger partial charge in [0.15, 0.2) is 6.61 Å². The van der Waals surface area contributed by atoms with Crippen LogP contribution < -0.4 is 10.1 Å². The number of rotatable bonds is 6. The summed E-state index contributed by atoms with van der Waals surface area (Å²) in [5.74, 6) is 0.693. The SMILES string of the molecule is Cc1cccc(OCC(=O)NCCC2=CCCCC2)c1. The summed E-state index contributed by atoms with van der Waals surface area (Å²) in [6.07, 6.45) is 8.26. The molecule has 0 fully saturated rings. The van der Waals surface area contributed by atoms with Gasteiger partial charge >= 0.3 is 0 Å². The first kappa shape index (κ1) is 14.6. The van der Waals surface area contributed by atoms with Crippen molar-refractivity contribution in [2.75, 3.05) is 13.2 Å². The van der Waals surface area contributed by atoms with E-state index in [1.807, 2.05) is 31.2 Å². The van der Waals surface area contributed by atoms with E-state index in [0.29, 0.717) is 6.54 Å². The molecule has 1 aliphatic rings. The number of hydrogen-bond acceptors (Lipinski definition) is 2. The molecule has 1 aliphatic carbocycles. The van der Waals surface area contributed by atoms with Crippen LogP contribution in [0.3, 0.4) is 0 Å². The lowest BCUT2D eigenvalue weighted by Crippen LogP contribution is -2.30. The van der Waals surface area contributed by atoms with Gasteiger partial charge in [-0.2, -0.15) is 0 Å². The maximum absolute atomic E-state index is 11.7. The van der Waals surface area contributed by atoms with Crippen molar-refractivity contribution in [3.8, 4) is 5.75 Å². The van der Waals surface area contributed by atoms with Crippen molar-refractivity contribution in [1.82, 2.24) is 5.32 Å². The van der Waals surface area contributed by atoms with Gasteiger partial charge in [0.25, 0.3) is 5.91 Å². The molecule has 0 saturated heterocycles. The van der Waals surface area contributed by atoms with Gasteiger partial charge in [-0.3, -0.25) is 4.79 Å². The normalized spacial score (nSPS) is 14.6. The molecule has 1 aromatic rings. The quantitative estimate of drug-likeness (QED) is 0.807. The number of ether oxygens (including phenoxy) is 1. The Labute approximate surface area is 121 Å². The molecule has 2 rings (SSSR count). The van der Waals surface area contributed by atoms with E-state index in [4.69, 9.17) is 4.74 Å². The van der Waals surface area contributed by atoms with Gasteiger partial charge in [-0.1, -0.05) is 23.8 Å². The number of nitrogens with one attached hydrogen (secondary N) is 1.